The summed E-state index contributed by atoms with van der Waals surface area (Å²) >= 11 is 0. The van der Waals surface area contributed by atoms with Crippen LogP contribution in [0.2, 0.25) is 0 Å². The Balaban J connectivity index is 1.90. The summed E-state index contributed by atoms with van der Waals surface area (Å²) < 4.78 is 0. The Bertz CT molecular complexity index is 304. The second-order valence-corrected chi connectivity index (χ2v) is 3.91. The average molecular weight is 186 g/mol. The Morgan fingerprint density at radius 3 is 1.71 bits per heavy atom. The van der Waals surface area contributed by atoms with Gasteiger partial charge in [-0.05, 0) is 24.6 Å². The van der Waals surface area contributed by atoms with E-state index >= 15 is 0 Å². The Hall–Kier alpha value is -1.44. The largest absolute Gasteiger partial charge is 0.367 e. The highest BCUT2D eigenvalue weighted by Gasteiger charge is 2.31. The van der Waals surface area contributed by atoms with Crippen LogP contribution < -0.4 is 0 Å². The van der Waals surface area contributed by atoms with Gasteiger partial charge in [-0.2, -0.15) is 0 Å². The van der Waals surface area contributed by atoms with Crippen molar-refractivity contribution < 1.29 is 0 Å². The van der Waals surface area contributed by atoms with Crippen molar-refractivity contribution in [3.63, 3.8) is 0 Å². The van der Waals surface area contributed by atoms with Crippen LogP contribution in [-0.4, -0.2) is 35.0 Å². The van der Waals surface area contributed by atoms with Crippen molar-refractivity contribution in [2.24, 2.45) is 0 Å². The van der Waals surface area contributed by atoms with Crippen molar-refractivity contribution >= 4 is 0 Å². The molecule has 1 fully saturated rings. The molecule has 72 valence electrons. The van der Waals surface area contributed by atoms with Gasteiger partial charge >= 0.3 is 0 Å². The van der Waals surface area contributed by atoms with Gasteiger partial charge in [0.1, 0.15) is 0 Å². The molecule has 3 aliphatic heterocycles. The lowest BCUT2D eigenvalue weighted by molar-refractivity contribution is 0.131. The molecule has 0 aromatic rings. The molecular formula is C12H14N2. The van der Waals surface area contributed by atoms with Crippen molar-refractivity contribution in [3.8, 4) is 0 Å². The summed E-state index contributed by atoms with van der Waals surface area (Å²) in [5.74, 6) is 0. The average Bonchev–Trinajstić information content (AvgIpc) is 2.29. The third-order valence-corrected chi connectivity index (χ3v) is 3.13. The van der Waals surface area contributed by atoms with Crippen LogP contribution >= 0.6 is 0 Å². The minimum atomic E-state index is 0.523. The maximum atomic E-state index is 2.42. The normalized spacial score (nSPS) is 33.1. The van der Waals surface area contributed by atoms with Gasteiger partial charge in [0.15, 0.2) is 0 Å². The molecule has 14 heavy (non-hydrogen) atoms. The SMILES string of the molecule is C1=C[C@@H]2[C@@H]3C=CC=CN3CCN2C=C1. The summed E-state index contributed by atoms with van der Waals surface area (Å²) in [6, 6.07) is 1.05. The van der Waals surface area contributed by atoms with E-state index < -0.39 is 0 Å². The maximum Gasteiger partial charge on any atom is 0.0711 e. The zero-order valence-corrected chi connectivity index (χ0v) is 8.08. The summed E-state index contributed by atoms with van der Waals surface area (Å²) in [5, 5.41) is 0. The van der Waals surface area contributed by atoms with Gasteiger partial charge in [-0.3, -0.25) is 0 Å². The van der Waals surface area contributed by atoms with Crippen molar-refractivity contribution in [1.82, 2.24) is 9.80 Å². The minimum absolute atomic E-state index is 0.523. The van der Waals surface area contributed by atoms with Crippen molar-refractivity contribution in [2.45, 2.75) is 12.1 Å². The molecule has 0 saturated carbocycles. The predicted octanol–water partition coefficient (Wildman–Crippen LogP) is 1.51. The van der Waals surface area contributed by atoms with Gasteiger partial charge in [0.05, 0.1) is 12.1 Å². The van der Waals surface area contributed by atoms with Crippen LogP contribution in [0.4, 0.5) is 0 Å². The van der Waals surface area contributed by atoms with E-state index in [0.717, 1.165) is 13.1 Å². The predicted molar refractivity (Wildman–Crippen MR) is 57.5 cm³/mol. The van der Waals surface area contributed by atoms with E-state index in [1.807, 2.05) is 0 Å². The molecule has 0 N–H and O–H groups in total. The molecule has 0 aromatic heterocycles. The molecular weight excluding hydrogens is 172 g/mol. The van der Waals surface area contributed by atoms with Crippen LogP contribution in [0.15, 0.2) is 48.9 Å². The zero-order valence-electron chi connectivity index (χ0n) is 8.08. The smallest absolute Gasteiger partial charge is 0.0711 e. The van der Waals surface area contributed by atoms with E-state index in [-0.39, 0.29) is 0 Å². The third kappa shape index (κ3) is 1.10. The highest BCUT2D eigenvalue weighted by atomic mass is 15.3. The Morgan fingerprint density at radius 2 is 1.21 bits per heavy atom. The monoisotopic (exact) mass is 186 g/mol. The molecule has 0 spiro atoms. The number of hydrogen-bond acceptors (Lipinski definition) is 2. The maximum absolute atomic E-state index is 2.42. The van der Waals surface area contributed by atoms with Crippen molar-refractivity contribution in [3.05, 3.63) is 48.9 Å². The fourth-order valence-corrected chi connectivity index (χ4v) is 2.39. The molecule has 0 unspecified atom stereocenters. The number of allylic oxidation sites excluding steroid dienone is 4. The van der Waals surface area contributed by atoms with Gasteiger partial charge in [0.2, 0.25) is 0 Å². The van der Waals surface area contributed by atoms with E-state index in [4.69, 9.17) is 0 Å². The highest BCUT2D eigenvalue weighted by molar-refractivity contribution is 5.25. The number of hydrogen-bond donors (Lipinski definition) is 0. The van der Waals surface area contributed by atoms with E-state index in [9.17, 15) is 0 Å². The zero-order chi connectivity index (χ0) is 9.38. The van der Waals surface area contributed by atoms with Gasteiger partial charge < -0.3 is 9.80 Å². The number of rotatable bonds is 0. The molecule has 1 saturated heterocycles. The van der Waals surface area contributed by atoms with Crippen LogP contribution in [0, 0.1) is 0 Å². The molecule has 2 nitrogen and oxygen atoms in total. The van der Waals surface area contributed by atoms with Crippen LogP contribution in [0.25, 0.3) is 0 Å². The molecule has 2 atom stereocenters. The van der Waals surface area contributed by atoms with E-state index in [1.54, 1.807) is 0 Å². The molecule has 0 aliphatic carbocycles. The van der Waals surface area contributed by atoms with E-state index in [1.165, 1.54) is 0 Å². The molecule has 0 aromatic carbocycles. The molecule has 3 rings (SSSR count). The van der Waals surface area contributed by atoms with Crippen LogP contribution in [0.3, 0.4) is 0 Å². The van der Waals surface area contributed by atoms with Crippen molar-refractivity contribution in [2.75, 3.05) is 13.1 Å². The molecule has 0 radical (unpaired) electrons. The van der Waals surface area contributed by atoms with E-state index in [2.05, 4.69) is 58.7 Å². The van der Waals surface area contributed by atoms with Gasteiger partial charge in [-0.25, -0.2) is 0 Å². The lowest BCUT2D eigenvalue weighted by Crippen LogP contribution is -2.55. The number of fused-ring (bicyclic) bond motifs is 3. The summed E-state index contributed by atoms with van der Waals surface area (Å²) in [5.41, 5.74) is 0. The summed E-state index contributed by atoms with van der Waals surface area (Å²) in [6.45, 7) is 2.25. The Labute approximate surface area is 84.5 Å². The molecule has 0 amide bonds. The summed E-state index contributed by atoms with van der Waals surface area (Å²) in [4.78, 5) is 4.84. The number of nitrogens with zero attached hydrogens (tertiary/aromatic N) is 2. The van der Waals surface area contributed by atoms with Gasteiger partial charge in [0.25, 0.3) is 0 Å². The van der Waals surface area contributed by atoms with Crippen molar-refractivity contribution in [1.29, 1.82) is 0 Å². The summed E-state index contributed by atoms with van der Waals surface area (Å²) in [6.07, 6.45) is 17.5. The third-order valence-electron chi connectivity index (χ3n) is 3.13. The fraction of sp³-hybridized carbons (Fsp3) is 0.333. The van der Waals surface area contributed by atoms with Crippen LogP contribution in [0.5, 0.6) is 0 Å². The lowest BCUT2D eigenvalue weighted by atomic mass is 9.98. The van der Waals surface area contributed by atoms with Gasteiger partial charge in [-0.1, -0.05) is 24.3 Å². The number of piperazine rings is 1. The quantitative estimate of drug-likeness (QED) is 0.566. The molecule has 0 bridgehead atoms. The van der Waals surface area contributed by atoms with Crippen LogP contribution in [0.1, 0.15) is 0 Å². The molecule has 2 heteroatoms. The lowest BCUT2D eigenvalue weighted by Gasteiger charge is -2.46. The van der Waals surface area contributed by atoms with Crippen LogP contribution in [-0.2, 0) is 0 Å². The van der Waals surface area contributed by atoms with Gasteiger partial charge in [-0.15, -0.1) is 0 Å². The molecule has 3 heterocycles. The standard InChI is InChI=1S/C12H14N2/c1-3-7-13-9-10-14-8-4-2-6-12(14)11(13)5-1/h1-8,11-12H,9-10H2/t11-,12+. The first-order valence-electron chi connectivity index (χ1n) is 5.17. The highest BCUT2D eigenvalue weighted by Crippen LogP contribution is 2.24. The first-order chi connectivity index (χ1) is 6.95. The second kappa shape index (κ2) is 3.05. The Morgan fingerprint density at radius 1 is 0.714 bits per heavy atom. The summed E-state index contributed by atoms with van der Waals surface area (Å²) in [7, 11) is 0. The first-order valence-corrected chi connectivity index (χ1v) is 5.17. The topological polar surface area (TPSA) is 6.48 Å². The van der Waals surface area contributed by atoms with Gasteiger partial charge in [0, 0.05) is 13.1 Å². The molecule has 3 aliphatic rings. The van der Waals surface area contributed by atoms with E-state index in [0.29, 0.717) is 12.1 Å². The fourth-order valence-electron chi connectivity index (χ4n) is 2.39. The Kier molecular flexibility index (Phi) is 1.72. The first kappa shape index (κ1) is 7.92. The minimum Gasteiger partial charge on any atom is -0.367 e. The second-order valence-electron chi connectivity index (χ2n) is 3.91.